The molecule has 0 fully saturated rings. The molecule has 18 heavy (non-hydrogen) atoms. The summed E-state index contributed by atoms with van der Waals surface area (Å²) >= 11 is 0. The summed E-state index contributed by atoms with van der Waals surface area (Å²) < 4.78 is 0. The van der Waals surface area contributed by atoms with Crippen LogP contribution in [0.1, 0.15) is 43.2 Å². The molecule has 0 bridgehead atoms. The van der Waals surface area contributed by atoms with Crippen LogP contribution in [0, 0.1) is 0 Å². The Morgan fingerprint density at radius 1 is 1.06 bits per heavy atom. The average molecular weight is 248 g/mol. The van der Waals surface area contributed by atoms with Crippen molar-refractivity contribution in [1.82, 2.24) is 0 Å². The van der Waals surface area contributed by atoms with E-state index < -0.39 is 0 Å². The first-order valence-electron chi connectivity index (χ1n) is 6.79. The van der Waals surface area contributed by atoms with Crippen molar-refractivity contribution in [1.29, 1.82) is 0 Å². The van der Waals surface area contributed by atoms with Crippen molar-refractivity contribution in [2.45, 2.75) is 44.9 Å². The van der Waals surface area contributed by atoms with Crippen LogP contribution in [0.4, 0.5) is 0 Å². The molecule has 1 aliphatic rings. The monoisotopic (exact) mass is 248 g/mol. The van der Waals surface area contributed by atoms with Crippen LogP contribution in [-0.4, -0.2) is 12.5 Å². The summed E-state index contributed by atoms with van der Waals surface area (Å²) in [5.41, 5.74) is 13.3. The van der Waals surface area contributed by atoms with Gasteiger partial charge in [-0.1, -0.05) is 30.7 Å². The van der Waals surface area contributed by atoms with E-state index in [1.807, 2.05) is 0 Å². The van der Waals surface area contributed by atoms with Gasteiger partial charge in [0.2, 0.25) is 5.91 Å². The molecule has 0 saturated carbocycles. The first kappa shape index (κ1) is 14.7. The summed E-state index contributed by atoms with van der Waals surface area (Å²) in [6, 6.07) is 8.74. The molecule has 0 aliphatic heterocycles. The van der Waals surface area contributed by atoms with Crippen molar-refractivity contribution in [2.24, 2.45) is 11.5 Å². The van der Waals surface area contributed by atoms with Gasteiger partial charge < -0.3 is 11.5 Å². The SMILES string of the molecule is NCCCCCC(N)=O.c1ccc2c(c1)CCC2. The zero-order valence-corrected chi connectivity index (χ0v) is 11.0. The van der Waals surface area contributed by atoms with Gasteiger partial charge in [0.15, 0.2) is 0 Å². The zero-order chi connectivity index (χ0) is 13.2. The highest BCUT2D eigenvalue weighted by Crippen LogP contribution is 2.20. The predicted octanol–water partition coefficient (Wildman–Crippen LogP) is 2.17. The van der Waals surface area contributed by atoms with E-state index in [2.05, 4.69) is 24.3 Å². The molecule has 3 nitrogen and oxygen atoms in total. The van der Waals surface area contributed by atoms with E-state index in [9.17, 15) is 4.79 Å². The van der Waals surface area contributed by atoms with Gasteiger partial charge >= 0.3 is 0 Å². The number of hydrogen-bond acceptors (Lipinski definition) is 2. The van der Waals surface area contributed by atoms with Crippen LogP contribution in [0.2, 0.25) is 0 Å². The van der Waals surface area contributed by atoms with Crippen molar-refractivity contribution < 1.29 is 4.79 Å². The predicted molar refractivity (Wildman–Crippen MR) is 75.2 cm³/mol. The highest BCUT2D eigenvalue weighted by Gasteiger charge is 2.07. The van der Waals surface area contributed by atoms with Gasteiger partial charge in [-0.05, 0) is 49.8 Å². The van der Waals surface area contributed by atoms with Crippen LogP contribution in [0.5, 0.6) is 0 Å². The Morgan fingerprint density at radius 2 is 1.67 bits per heavy atom. The van der Waals surface area contributed by atoms with Crippen LogP contribution in [-0.2, 0) is 17.6 Å². The number of hydrogen-bond donors (Lipinski definition) is 2. The van der Waals surface area contributed by atoms with Crippen LogP contribution >= 0.6 is 0 Å². The van der Waals surface area contributed by atoms with E-state index in [4.69, 9.17) is 11.5 Å². The molecule has 100 valence electrons. The van der Waals surface area contributed by atoms with E-state index in [0.29, 0.717) is 13.0 Å². The Bertz CT molecular complexity index is 340. The standard InChI is InChI=1S/C9H10.C6H14N2O/c1-2-5-9-7-3-6-8(9)4-1;7-5-3-1-2-4-6(8)9/h1-2,4-5H,3,6-7H2;1-5,7H2,(H2,8,9). The molecule has 0 spiro atoms. The summed E-state index contributed by atoms with van der Waals surface area (Å²) in [6.07, 6.45) is 7.35. The Morgan fingerprint density at radius 3 is 2.17 bits per heavy atom. The third-order valence-electron chi connectivity index (χ3n) is 3.14. The third kappa shape index (κ3) is 5.82. The molecule has 0 heterocycles. The number of nitrogens with two attached hydrogens (primary N) is 2. The number of fused-ring (bicyclic) bond motifs is 1. The number of aryl methyl sites for hydroxylation is 2. The molecule has 3 heteroatoms. The fraction of sp³-hybridized carbons (Fsp3) is 0.533. The molecule has 0 unspecified atom stereocenters. The zero-order valence-electron chi connectivity index (χ0n) is 11.0. The van der Waals surface area contributed by atoms with Gasteiger partial charge in [0.1, 0.15) is 0 Å². The maximum absolute atomic E-state index is 10.2. The number of rotatable bonds is 5. The Kier molecular flexibility index (Phi) is 7.11. The summed E-state index contributed by atoms with van der Waals surface area (Å²) in [5, 5.41) is 0. The summed E-state index contributed by atoms with van der Waals surface area (Å²) in [4.78, 5) is 10.2. The van der Waals surface area contributed by atoms with E-state index in [1.165, 1.54) is 19.3 Å². The van der Waals surface area contributed by atoms with Crippen molar-refractivity contribution in [3.63, 3.8) is 0 Å². The minimum Gasteiger partial charge on any atom is -0.370 e. The van der Waals surface area contributed by atoms with E-state index in [1.54, 1.807) is 11.1 Å². The number of amides is 1. The van der Waals surface area contributed by atoms with Gasteiger partial charge in [-0.25, -0.2) is 0 Å². The van der Waals surface area contributed by atoms with Crippen molar-refractivity contribution in [2.75, 3.05) is 6.54 Å². The summed E-state index contributed by atoms with van der Waals surface area (Å²) in [6.45, 7) is 0.707. The molecular weight excluding hydrogens is 224 g/mol. The van der Waals surface area contributed by atoms with Crippen LogP contribution < -0.4 is 11.5 Å². The van der Waals surface area contributed by atoms with Crippen molar-refractivity contribution in [3.05, 3.63) is 35.4 Å². The average Bonchev–Trinajstić information content (AvgIpc) is 2.83. The molecule has 1 aliphatic carbocycles. The Balaban J connectivity index is 0.000000180. The van der Waals surface area contributed by atoms with Gasteiger partial charge in [-0.15, -0.1) is 0 Å². The Hall–Kier alpha value is -1.35. The van der Waals surface area contributed by atoms with E-state index >= 15 is 0 Å². The summed E-state index contributed by atoms with van der Waals surface area (Å²) in [5.74, 6) is -0.216. The largest absolute Gasteiger partial charge is 0.370 e. The molecular formula is C15H24N2O. The van der Waals surface area contributed by atoms with Gasteiger partial charge in [0, 0.05) is 6.42 Å². The van der Waals surface area contributed by atoms with Crippen LogP contribution in [0.15, 0.2) is 24.3 Å². The molecule has 1 aromatic carbocycles. The highest BCUT2D eigenvalue weighted by molar-refractivity contribution is 5.73. The maximum Gasteiger partial charge on any atom is 0.217 e. The van der Waals surface area contributed by atoms with Crippen LogP contribution in [0.3, 0.4) is 0 Å². The first-order chi connectivity index (χ1) is 8.74. The molecule has 1 aromatic rings. The lowest BCUT2D eigenvalue weighted by atomic mass is 10.1. The first-order valence-corrected chi connectivity index (χ1v) is 6.79. The van der Waals surface area contributed by atoms with Gasteiger partial charge in [-0.3, -0.25) is 4.79 Å². The van der Waals surface area contributed by atoms with E-state index in [0.717, 1.165) is 19.3 Å². The molecule has 0 radical (unpaired) electrons. The van der Waals surface area contributed by atoms with Gasteiger partial charge in [-0.2, -0.15) is 0 Å². The molecule has 1 amide bonds. The van der Waals surface area contributed by atoms with Gasteiger partial charge in [0.05, 0.1) is 0 Å². The second-order valence-electron chi connectivity index (χ2n) is 4.69. The second kappa shape index (κ2) is 8.70. The Labute approximate surface area is 110 Å². The minimum atomic E-state index is -0.216. The summed E-state index contributed by atoms with van der Waals surface area (Å²) in [7, 11) is 0. The molecule has 4 N–H and O–H groups in total. The lowest BCUT2D eigenvalue weighted by Crippen LogP contribution is -2.09. The second-order valence-corrected chi connectivity index (χ2v) is 4.69. The lowest BCUT2D eigenvalue weighted by Gasteiger charge is -1.93. The van der Waals surface area contributed by atoms with Gasteiger partial charge in [0.25, 0.3) is 0 Å². The number of unbranched alkanes of at least 4 members (excludes halogenated alkanes) is 2. The quantitative estimate of drug-likeness (QED) is 0.784. The lowest BCUT2D eigenvalue weighted by molar-refractivity contribution is -0.118. The third-order valence-corrected chi connectivity index (χ3v) is 3.14. The number of primary amides is 1. The topological polar surface area (TPSA) is 69.1 Å². The molecule has 0 atom stereocenters. The molecule has 2 rings (SSSR count). The smallest absolute Gasteiger partial charge is 0.217 e. The number of benzene rings is 1. The van der Waals surface area contributed by atoms with Crippen molar-refractivity contribution in [3.8, 4) is 0 Å². The highest BCUT2D eigenvalue weighted by atomic mass is 16.1. The van der Waals surface area contributed by atoms with Crippen molar-refractivity contribution >= 4 is 5.91 Å². The fourth-order valence-electron chi connectivity index (χ4n) is 2.13. The minimum absolute atomic E-state index is 0.216. The molecule has 0 aromatic heterocycles. The normalized spacial score (nSPS) is 12.5. The number of carbonyl (C=O) groups is 1. The van der Waals surface area contributed by atoms with Crippen LogP contribution in [0.25, 0.3) is 0 Å². The number of carbonyl (C=O) groups excluding carboxylic acids is 1. The maximum atomic E-state index is 10.2. The van der Waals surface area contributed by atoms with E-state index in [-0.39, 0.29) is 5.91 Å². The fourth-order valence-corrected chi connectivity index (χ4v) is 2.13. The molecule has 0 saturated heterocycles.